The molecular weight excluding hydrogens is 426 g/mol. The third-order valence-electron chi connectivity index (χ3n) is 7.72. The average Bonchev–Trinajstić information content (AvgIpc) is 3.10. The first-order valence-corrected chi connectivity index (χ1v) is 11.9. The molecule has 8 heteroatoms. The van der Waals surface area contributed by atoms with Crippen molar-refractivity contribution in [3.8, 4) is 11.5 Å². The van der Waals surface area contributed by atoms with Gasteiger partial charge in [-0.3, -0.25) is 9.59 Å². The quantitative estimate of drug-likeness (QED) is 0.492. The predicted octanol–water partition coefficient (Wildman–Crippen LogP) is 2.88. The van der Waals surface area contributed by atoms with Crippen LogP contribution < -0.4 is 4.74 Å². The average molecular weight is 462 g/mol. The molecule has 1 unspecified atom stereocenters. The zero-order chi connectivity index (χ0) is 23.8. The second-order valence-electron chi connectivity index (χ2n) is 9.69. The number of esters is 1. The van der Waals surface area contributed by atoms with Crippen LogP contribution in [0.3, 0.4) is 0 Å². The molecule has 8 nitrogen and oxygen atoms in total. The maximum atomic E-state index is 10.9. The van der Waals surface area contributed by atoms with Crippen LogP contribution in [0.5, 0.6) is 11.5 Å². The van der Waals surface area contributed by atoms with Crippen LogP contribution in [0.2, 0.25) is 0 Å². The molecule has 2 heterocycles. The SMILES string of the molecule is CC(=O)O.CC(=O)OCCCCO[C@H]1CC[C@H]2[C@H]3Cc4ccc(O)c5c4[C@@]2(CCN3C)C1O5. The summed E-state index contributed by atoms with van der Waals surface area (Å²) in [6, 6.07) is 4.44. The summed E-state index contributed by atoms with van der Waals surface area (Å²) in [6.45, 7) is 4.67. The number of carboxylic acids is 1. The Morgan fingerprint density at radius 2 is 1.94 bits per heavy atom. The van der Waals surface area contributed by atoms with Gasteiger partial charge in [0.1, 0.15) is 6.10 Å². The number of hydrogen-bond acceptors (Lipinski definition) is 7. The smallest absolute Gasteiger partial charge is 0.302 e. The number of carbonyl (C=O) groups is 2. The predicted molar refractivity (Wildman–Crippen MR) is 121 cm³/mol. The van der Waals surface area contributed by atoms with Gasteiger partial charge in [0.2, 0.25) is 0 Å². The molecule has 5 rings (SSSR count). The molecule has 1 saturated heterocycles. The number of nitrogens with zero attached hydrogens (tertiary/aromatic N) is 1. The van der Waals surface area contributed by atoms with Crippen LogP contribution >= 0.6 is 0 Å². The molecule has 2 aliphatic carbocycles. The van der Waals surface area contributed by atoms with Crippen LogP contribution in [-0.4, -0.2) is 72.1 Å². The van der Waals surface area contributed by atoms with Gasteiger partial charge in [-0.1, -0.05) is 6.07 Å². The maximum absolute atomic E-state index is 10.9. The Morgan fingerprint density at radius 3 is 2.67 bits per heavy atom. The van der Waals surface area contributed by atoms with Crippen molar-refractivity contribution >= 4 is 11.9 Å². The van der Waals surface area contributed by atoms with E-state index >= 15 is 0 Å². The molecule has 0 radical (unpaired) electrons. The van der Waals surface area contributed by atoms with Crippen LogP contribution in [-0.2, 0) is 30.9 Å². The topological polar surface area (TPSA) is 106 Å². The van der Waals surface area contributed by atoms with Crippen molar-refractivity contribution in [1.29, 1.82) is 0 Å². The molecule has 1 saturated carbocycles. The van der Waals surface area contributed by atoms with Crippen molar-refractivity contribution < 1.29 is 34.0 Å². The molecule has 2 N–H and O–H groups in total. The minimum Gasteiger partial charge on any atom is -0.504 e. The van der Waals surface area contributed by atoms with Gasteiger partial charge in [-0.2, -0.15) is 0 Å². The van der Waals surface area contributed by atoms with Crippen LogP contribution in [0, 0.1) is 5.92 Å². The van der Waals surface area contributed by atoms with Gasteiger partial charge in [0.25, 0.3) is 5.97 Å². The third kappa shape index (κ3) is 4.30. The Hall–Kier alpha value is -2.32. The van der Waals surface area contributed by atoms with Crippen LogP contribution in [0.25, 0.3) is 0 Å². The first-order chi connectivity index (χ1) is 15.8. The largest absolute Gasteiger partial charge is 0.504 e. The van der Waals surface area contributed by atoms with E-state index in [0.717, 1.165) is 52.0 Å². The zero-order valence-electron chi connectivity index (χ0n) is 19.7. The highest BCUT2D eigenvalue weighted by Crippen LogP contribution is 2.63. The molecule has 2 fully saturated rings. The van der Waals surface area contributed by atoms with E-state index in [-0.39, 0.29) is 29.3 Å². The summed E-state index contributed by atoms with van der Waals surface area (Å²) < 4.78 is 17.8. The van der Waals surface area contributed by atoms with Gasteiger partial charge in [-0.05, 0) is 69.7 Å². The molecule has 1 aromatic rings. The number of hydrogen-bond donors (Lipinski definition) is 2. The number of carboxylic acid groups (broad SMARTS) is 1. The molecule has 33 heavy (non-hydrogen) atoms. The number of likely N-dealkylation sites (N-methyl/N-ethyl adjacent to an activating group) is 1. The number of likely N-dealkylation sites (tertiary alicyclic amines) is 1. The third-order valence-corrected chi connectivity index (χ3v) is 7.72. The molecule has 182 valence electrons. The Labute approximate surface area is 194 Å². The highest BCUT2D eigenvalue weighted by atomic mass is 16.6. The molecule has 5 atom stereocenters. The first-order valence-electron chi connectivity index (χ1n) is 11.9. The van der Waals surface area contributed by atoms with Crippen molar-refractivity contribution in [3.63, 3.8) is 0 Å². The number of aliphatic carboxylic acids is 1. The normalized spacial score (nSPS) is 31.0. The fourth-order valence-electron chi connectivity index (χ4n) is 6.51. The highest BCUT2D eigenvalue weighted by molar-refractivity contribution is 5.65. The first kappa shape index (κ1) is 23.8. The summed E-state index contributed by atoms with van der Waals surface area (Å²) in [4.78, 5) is 22.4. The van der Waals surface area contributed by atoms with E-state index in [9.17, 15) is 9.90 Å². The van der Waals surface area contributed by atoms with Gasteiger partial charge in [0.15, 0.2) is 11.5 Å². The van der Waals surface area contributed by atoms with Crippen LogP contribution in [0.1, 0.15) is 57.1 Å². The molecule has 4 aliphatic rings. The summed E-state index contributed by atoms with van der Waals surface area (Å²) in [7, 11) is 2.25. The summed E-state index contributed by atoms with van der Waals surface area (Å²) in [5.41, 5.74) is 2.59. The van der Waals surface area contributed by atoms with Gasteiger partial charge >= 0.3 is 5.97 Å². The Bertz CT molecular complexity index is 899. The molecule has 2 bridgehead atoms. The lowest BCUT2D eigenvalue weighted by Gasteiger charge is -2.58. The lowest BCUT2D eigenvalue weighted by atomic mass is 9.51. The van der Waals surface area contributed by atoms with Crippen molar-refractivity contribution in [2.75, 3.05) is 26.8 Å². The molecule has 1 spiro atoms. The molecule has 0 aromatic heterocycles. The van der Waals surface area contributed by atoms with Crippen molar-refractivity contribution in [2.45, 2.75) is 76.0 Å². The van der Waals surface area contributed by atoms with E-state index in [1.165, 1.54) is 18.1 Å². The minimum atomic E-state index is -0.833. The second kappa shape index (κ2) is 9.50. The number of ether oxygens (including phenoxy) is 3. The Morgan fingerprint density at radius 1 is 1.21 bits per heavy atom. The lowest BCUT2D eigenvalue weighted by molar-refractivity contribution is -0.141. The number of phenolic OH excluding ortho intramolecular Hbond substituents is 1. The minimum absolute atomic E-state index is 0.0201. The number of aromatic hydroxyl groups is 1. The molecule has 2 aliphatic heterocycles. The van der Waals surface area contributed by atoms with Crippen molar-refractivity contribution in [2.24, 2.45) is 5.92 Å². The van der Waals surface area contributed by atoms with E-state index in [1.54, 1.807) is 6.07 Å². The zero-order valence-corrected chi connectivity index (χ0v) is 19.7. The fraction of sp³-hybridized carbons (Fsp3) is 0.680. The summed E-state index contributed by atoms with van der Waals surface area (Å²) in [6.07, 6.45) is 5.94. The van der Waals surface area contributed by atoms with Crippen LogP contribution in [0.4, 0.5) is 0 Å². The van der Waals surface area contributed by atoms with E-state index in [0.29, 0.717) is 30.9 Å². The Kier molecular flexibility index (Phi) is 6.86. The van der Waals surface area contributed by atoms with Gasteiger partial charge in [-0.25, -0.2) is 0 Å². The van der Waals surface area contributed by atoms with Gasteiger partial charge < -0.3 is 29.3 Å². The lowest BCUT2D eigenvalue weighted by Crippen LogP contribution is -2.66. The number of benzene rings is 1. The summed E-state index contributed by atoms with van der Waals surface area (Å²) in [5, 5.41) is 18.0. The maximum Gasteiger partial charge on any atom is 0.302 e. The number of piperidine rings is 1. The van der Waals surface area contributed by atoms with Gasteiger partial charge in [-0.15, -0.1) is 0 Å². The van der Waals surface area contributed by atoms with Crippen molar-refractivity contribution in [1.82, 2.24) is 4.90 Å². The fourth-order valence-corrected chi connectivity index (χ4v) is 6.51. The highest BCUT2D eigenvalue weighted by Gasteiger charge is 2.65. The molecule has 1 aromatic carbocycles. The summed E-state index contributed by atoms with van der Waals surface area (Å²) in [5.74, 6) is 0.477. The monoisotopic (exact) mass is 461 g/mol. The number of unbranched alkanes of at least 4 members (excludes halogenated alkanes) is 1. The van der Waals surface area contributed by atoms with E-state index in [4.69, 9.17) is 24.1 Å². The number of phenols is 1. The second-order valence-corrected chi connectivity index (χ2v) is 9.69. The van der Waals surface area contributed by atoms with Gasteiger partial charge in [0, 0.05) is 37.5 Å². The van der Waals surface area contributed by atoms with E-state index in [2.05, 4.69) is 18.0 Å². The van der Waals surface area contributed by atoms with Crippen LogP contribution in [0.15, 0.2) is 12.1 Å². The molecular formula is C25H35NO7. The summed E-state index contributed by atoms with van der Waals surface area (Å²) >= 11 is 0. The number of rotatable bonds is 6. The van der Waals surface area contributed by atoms with E-state index in [1.807, 2.05) is 0 Å². The Balaban J connectivity index is 0.000000601. The standard InChI is InChI=1S/C23H31NO5.C2H4O2/c1-14(25)27-11-3-4-12-28-19-8-6-16-17-13-15-5-7-18(26)21-20(15)23(16,22(19)29-21)9-10-24(17)2;1-2(3)4/h5,7,16-17,19,22,26H,3-4,6,8-13H2,1-2H3;1H3,(H,3,4)/t16-,17+,19-,22?,23-;/m0./s1. The van der Waals surface area contributed by atoms with Gasteiger partial charge in [0.05, 0.1) is 12.7 Å². The van der Waals surface area contributed by atoms with Crippen molar-refractivity contribution in [3.05, 3.63) is 23.3 Å². The molecule has 0 amide bonds. The van der Waals surface area contributed by atoms with E-state index < -0.39 is 5.97 Å². The number of carbonyl (C=O) groups excluding carboxylic acids is 1.